The van der Waals surface area contributed by atoms with E-state index in [1.807, 2.05) is 0 Å². The minimum atomic E-state index is 0.466. The van der Waals surface area contributed by atoms with E-state index in [1.54, 1.807) is 0 Å². The van der Waals surface area contributed by atoms with Gasteiger partial charge in [0.1, 0.15) is 0 Å². The number of rotatable bonds is 2. The van der Waals surface area contributed by atoms with E-state index in [9.17, 15) is 0 Å². The van der Waals surface area contributed by atoms with Crippen LogP contribution in [0, 0.1) is 6.92 Å². The zero-order valence-corrected chi connectivity index (χ0v) is 10.8. The van der Waals surface area contributed by atoms with Gasteiger partial charge in [0.25, 0.3) is 0 Å². The molecule has 2 unspecified atom stereocenters. The SMILES string of the molecule is Cc1cccc(C2CCNC2c2ccccc2)c1. The van der Waals surface area contributed by atoms with Gasteiger partial charge in [-0.1, -0.05) is 60.2 Å². The van der Waals surface area contributed by atoms with Gasteiger partial charge in [-0.3, -0.25) is 0 Å². The fourth-order valence-corrected chi connectivity index (χ4v) is 2.97. The summed E-state index contributed by atoms with van der Waals surface area (Å²) in [7, 11) is 0. The minimum Gasteiger partial charge on any atom is -0.309 e. The Balaban J connectivity index is 1.92. The van der Waals surface area contributed by atoms with Crippen molar-refractivity contribution in [1.82, 2.24) is 5.32 Å². The van der Waals surface area contributed by atoms with Gasteiger partial charge >= 0.3 is 0 Å². The lowest BCUT2D eigenvalue weighted by Crippen LogP contribution is -2.16. The summed E-state index contributed by atoms with van der Waals surface area (Å²) < 4.78 is 0. The van der Waals surface area contributed by atoms with E-state index in [2.05, 4.69) is 66.8 Å². The average Bonchev–Trinajstić information content (AvgIpc) is 2.89. The highest BCUT2D eigenvalue weighted by Gasteiger charge is 2.29. The van der Waals surface area contributed by atoms with E-state index in [0.717, 1.165) is 6.54 Å². The van der Waals surface area contributed by atoms with E-state index in [1.165, 1.54) is 23.1 Å². The first-order valence-electron chi connectivity index (χ1n) is 6.69. The van der Waals surface area contributed by atoms with Gasteiger partial charge in [0.2, 0.25) is 0 Å². The smallest absolute Gasteiger partial charge is 0.0390 e. The van der Waals surface area contributed by atoms with Crippen LogP contribution in [-0.4, -0.2) is 6.54 Å². The number of nitrogens with one attached hydrogen (secondary N) is 1. The molecule has 1 heteroatoms. The zero-order chi connectivity index (χ0) is 12.4. The molecule has 92 valence electrons. The Morgan fingerprint density at radius 1 is 0.944 bits per heavy atom. The lowest BCUT2D eigenvalue weighted by Gasteiger charge is -2.20. The van der Waals surface area contributed by atoms with Crippen molar-refractivity contribution in [3.63, 3.8) is 0 Å². The van der Waals surface area contributed by atoms with Gasteiger partial charge in [-0.15, -0.1) is 0 Å². The molecule has 0 saturated carbocycles. The predicted octanol–water partition coefficient (Wildman–Crippen LogP) is 3.81. The molecule has 1 fully saturated rings. The molecule has 2 atom stereocenters. The molecule has 0 spiro atoms. The summed E-state index contributed by atoms with van der Waals surface area (Å²) in [5.41, 5.74) is 4.22. The van der Waals surface area contributed by atoms with Crippen molar-refractivity contribution in [3.05, 3.63) is 71.3 Å². The number of hydrogen-bond acceptors (Lipinski definition) is 1. The van der Waals surface area contributed by atoms with Crippen molar-refractivity contribution in [2.24, 2.45) is 0 Å². The molecule has 1 saturated heterocycles. The Kier molecular flexibility index (Phi) is 3.16. The quantitative estimate of drug-likeness (QED) is 0.837. The molecule has 1 nitrogen and oxygen atoms in total. The third-order valence-corrected chi connectivity index (χ3v) is 3.85. The Bertz CT molecular complexity index is 518. The molecule has 1 heterocycles. The second-order valence-corrected chi connectivity index (χ2v) is 5.15. The molecule has 0 amide bonds. The van der Waals surface area contributed by atoms with Crippen LogP contribution in [0.2, 0.25) is 0 Å². The molecule has 3 rings (SSSR count). The first-order valence-corrected chi connectivity index (χ1v) is 6.69. The van der Waals surface area contributed by atoms with Crippen molar-refractivity contribution in [2.75, 3.05) is 6.54 Å². The molecule has 1 aliphatic rings. The Morgan fingerprint density at radius 2 is 1.72 bits per heavy atom. The molecule has 1 N–H and O–H groups in total. The molecular formula is C17H19N. The van der Waals surface area contributed by atoms with E-state index in [-0.39, 0.29) is 0 Å². The topological polar surface area (TPSA) is 12.0 Å². The number of benzene rings is 2. The third kappa shape index (κ3) is 2.19. The second kappa shape index (κ2) is 4.95. The van der Waals surface area contributed by atoms with Gasteiger partial charge in [-0.25, -0.2) is 0 Å². The summed E-state index contributed by atoms with van der Waals surface area (Å²) in [5.74, 6) is 0.604. The molecule has 0 radical (unpaired) electrons. The van der Waals surface area contributed by atoms with Crippen molar-refractivity contribution in [2.45, 2.75) is 25.3 Å². The summed E-state index contributed by atoms with van der Waals surface area (Å²) in [6.07, 6.45) is 1.23. The molecule has 0 aromatic heterocycles. The standard InChI is InChI=1S/C17H19N/c1-13-6-5-9-15(12-13)16-10-11-18-17(16)14-7-3-2-4-8-14/h2-9,12,16-18H,10-11H2,1H3. The maximum absolute atomic E-state index is 3.64. The van der Waals surface area contributed by atoms with Crippen molar-refractivity contribution < 1.29 is 0 Å². The van der Waals surface area contributed by atoms with Crippen LogP contribution in [0.5, 0.6) is 0 Å². The highest BCUT2D eigenvalue weighted by molar-refractivity contribution is 5.32. The van der Waals surface area contributed by atoms with E-state index in [0.29, 0.717) is 12.0 Å². The lowest BCUT2D eigenvalue weighted by molar-refractivity contribution is 0.578. The molecule has 1 aliphatic heterocycles. The maximum Gasteiger partial charge on any atom is 0.0390 e. The van der Waals surface area contributed by atoms with E-state index < -0.39 is 0 Å². The summed E-state index contributed by atoms with van der Waals surface area (Å²) in [6, 6.07) is 20.2. The highest BCUT2D eigenvalue weighted by atomic mass is 15.0. The van der Waals surface area contributed by atoms with Crippen molar-refractivity contribution in [1.29, 1.82) is 0 Å². The number of hydrogen-bond donors (Lipinski definition) is 1. The largest absolute Gasteiger partial charge is 0.309 e. The molecule has 0 bridgehead atoms. The van der Waals surface area contributed by atoms with E-state index in [4.69, 9.17) is 0 Å². The van der Waals surface area contributed by atoms with Crippen LogP contribution in [0.25, 0.3) is 0 Å². The van der Waals surface area contributed by atoms with Gasteiger partial charge in [0.15, 0.2) is 0 Å². The summed E-state index contributed by atoms with van der Waals surface area (Å²) in [6.45, 7) is 3.28. The molecular weight excluding hydrogens is 218 g/mol. The first-order chi connectivity index (χ1) is 8.84. The van der Waals surface area contributed by atoms with Crippen molar-refractivity contribution >= 4 is 0 Å². The summed E-state index contributed by atoms with van der Waals surface area (Å²) in [5, 5.41) is 3.64. The first kappa shape index (κ1) is 11.5. The van der Waals surface area contributed by atoms with Gasteiger partial charge in [0.05, 0.1) is 0 Å². The van der Waals surface area contributed by atoms with Crippen LogP contribution >= 0.6 is 0 Å². The second-order valence-electron chi connectivity index (χ2n) is 5.15. The van der Waals surface area contributed by atoms with Crippen LogP contribution in [0.4, 0.5) is 0 Å². The third-order valence-electron chi connectivity index (χ3n) is 3.85. The van der Waals surface area contributed by atoms with Gasteiger partial charge in [-0.2, -0.15) is 0 Å². The zero-order valence-electron chi connectivity index (χ0n) is 10.8. The minimum absolute atomic E-state index is 0.466. The highest BCUT2D eigenvalue weighted by Crippen LogP contribution is 2.37. The Hall–Kier alpha value is -1.60. The molecule has 2 aromatic carbocycles. The predicted molar refractivity (Wildman–Crippen MR) is 75.7 cm³/mol. The van der Waals surface area contributed by atoms with Crippen LogP contribution < -0.4 is 5.32 Å². The van der Waals surface area contributed by atoms with Gasteiger partial charge in [0, 0.05) is 12.0 Å². The molecule has 18 heavy (non-hydrogen) atoms. The van der Waals surface area contributed by atoms with Crippen LogP contribution in [0.1, 0.15) is 35.1 Å². The van der Waals surface area contributed by atoms with Gasteiger partial charge in [-0.05, 0) is 31.0 Å². The molecule has 0 aliphatic carbocycles. The van der Waals surface area contributed by atoms with Crippen LogP contribution in [0.15, 0.2) is 54.6 Å². The summed E-state index contributed by atoms with van der Waals surface area (Å²) >= 11 is 0. The fourth-order valence-electron chi connectivity index (χ4n) is 2.97. The van der Waals surface area contributed by atoms with Crippen LogP contribution in [-0.2, 0) is 0 Å². The Labute approximate surface area is 109 Å². The molecule has 2 aromatic rings. The van der Waals surface area contributed by atoms with Crippen molar-refractivity contribution in [3.8, 4) is 0 Å². The monoisotopic (exact) mass is 237 g/mol. The number of aryl methyl sites for hydroxylation is 1. The Morgan fingerprint density at radius 3 is 2.50 bits per heavy atom. The van der Waals surface area contributed by atoms with Crippen LogP contribution in [0.3, 0.4) is 0 Å². The maximum atomic E-state index is 3.64. The normalized spacial score (nSPS) is 23.2. The summed E-state index contributed by atoms with van der Waals surface area (Å²) in [4.78, 5) is 0. The lowest BCUT2D eigenvalue weighted by atomic mass is 9.87. The fraction of sp³-hybridized carbons (Fsp3) is 0.294. The van der Waals surface area contributed by atoms with E-state index >= 15 is 0 Å². The van der Waals surface area contributed by atoms with Gasteiger partial charge < -0.3 is 5.32 Å². The average molecular weight is 237 g/mol.